The van der Waals surface area contributed by atoms with Crippen molar-refractivity contribution >= 4 is 22.4 Å². The number of carbonyl (C=O) groups is 1. The van der Waals surface area contributed by atoms with Gasteiger partial charge in [0.1, 0.15) is 12.4 Å². The summed E-state index contributed by atoms with van der Waals surface area (Å²) >= 11 is 0. The summed E-state index contributed by atoms with van der Waals surface area (Å²) in [5.41, 5.74) is 1.95. The van der Waals surface area contributed by atoms with Crippen LogP contribution < -0.4 is 10.5 Å². The fourth-order valence-electron chi connectivity index (χ4n) is 4.37. The first-order valence-electron chi connectivity index (χ1n) is 11.2. The molecule has 172 valence electrons. The van der Waals surface area contributed by atoms with E-state index in [-0.39, 0.29) is 23.8 Å². The van der Waals surface area contributed by atoms with E-state index in [0.717, 1.165) is 16.6 Å². The number of aromatic nitrogens is 3. The minimum Gasteiger partial charge on any atom is -0.366 e. The van der Waals surface area contributed by atoms with E-state index in [4.69, 9.17) is 0 Å². The summed E-state index contributed by atoms with van der Waals surface area (Å²) in [6, 6.07) is 17.8. The molecule has 8 heteroatoms. The van der Waals surface area contributed by atoms with Gasteiger partial charge in [0, 0.05) is 50.4 Å². The fraction of sp³-hybridized carbons (Fsp3) is 0.231. The highest BCUT2D eigenvalue weighted by atomic mass is 19.1. The molecule has 7 nitrogen and oxygen atoms in total. The number of para-hydroxylation sites is 1. The lowest BCUT2D eigenvalue weighted by molar-refractivity contribution is -0.132. The SMILES string of the molecule is O=C(Cn1nc(Cc2cccnc2)c2ccccc2c1=O)N1CCN(c2ccccc2F)CC1. The van der Waals surface area contributed by atoms with Gasteiger partial charge in [-0.1, -0.05) is 36.4 Å². The molecular weight excluding hydrogens is 433 g/mol. The Morgan fingerprint density at radius 1 is 0.912 bits per heavy atom. The third-order valence-corrected chi connectivity index (χ3v) is 6.15. The Morgan fingerprint density at radius 2 is 1.65 bits per heavy atom. The molecule has 34 heavy (non-hydrogen) atoms. The maximum absolute atomic E-state index is 14.1. The van der Waals surface area contributed by atoms with E-state index < -0.39 is 0 Å². The summed E-state index contributed by atoms with van der Waals surface area (Å²) in [6.07, 6.45) is 3.98. The van der Waals surface area contributed by atoms with Crippen LogP contribution in [0.25, 0.3) is 10.8 Å². The first-order chi connectivity index (χ1) is 16.6. The van der Waals surface area contributed by atoms with Crippen molar-refractivity contribution in [3.05, 3.63) is 100 Å². The maximum Gasteiger partial charge on any atom is 0.275 e. The van der Waals surface area contributed by atoms with Crippen LogP contribution in [0.5, 0.6) is 0 Å². The number of nitrogens with zero attached hydrogens (tertiary/aromatic N) is 5. The third-order valence-electron chi connectivity index (χ3n) is 6.15. The van der Waals surface area contributed by atoms with Crippen LogP contribution in [0.2, 0.25) is 0 Å². The van der Waals surface area contributed by atoms with E-state index in [1.165, 1.54) is 10.7 Å². The molecule has 2 aromatic carbocycles. The van der Waals surface area contributed by atoms with E-state index >= 15 is 0 Å². The number of carbonyl (C=O) groups excluding carboxylic acids is 1. The Bertz CT molecular complexity index is 1380. The third kappa shape index (κ3) is 4.39. The average Bonchev–Trinajstić information content (AvgIpc) is 2.88. The molecule has 1 aliphatic rings. The number of benzene rings is 2. The number of pyridine rings is 1. The summed E-state index contributed by atoms with van der Waals surface area (Å²) in [5, 5.41) is 5.89. The molecule has 2 aromatic heterocycles. The number of anilines is 1. The van der Waals surface area contributed by atoms with Gasteiger partial charge in [0.2, 0.25) is 5.91 Å². The van der Waals surface area contributed by atoms with Crippen molar-refractivity contribution in [3.63, 3.8) is 0 Å². The van der Waals surface area contributed by atoms with Crippen LogP contribution in [0, 0.1) is 5.82 Å². The fourth-order valence-corrected chi connectivity index (χ4v) is 4.37. The molecule has 3 heterocycles. The van der Waals surface area contributed by atoms with Gasteiger partial charge in [-0.2, -0.15) is 5.10 Å². The quantitative estimate of drug-likeness (QED) is 0.461. The smallest absolute Gasteiger partial charge is 0.275 e. The molecule has 0 spiro atoms. The number of amides is 1. The molecule has 0 unspecified atom stereocenters. The Kier molecular flexibility index (Phi) is 6.03. The zero-order valence-corrected chi connectivity index (χ0v) is 18.6. The molecule has 0 aliphatic carbocycles. The van der Waals surface area contributed by atoms with Gasteiger partial charge in [0.05, 0.1) is 16.8 Å². The lowest BCUT2D eigenvalue weighted by Crippen LogP contribution is -2.50. The topological polar surface area (TPSA) is 71.3 Å². The van der Waals surface area contributed by atoms with Crippen molar-refractivity contribution in [1.29, 1.82) is 0 Å². The first kappa shape index (κ1) is 21.8. The molecule has 5 rings (SSSR count). The number of hydrogen-bond donors (Lipinski definition) is 0. The Labute approximate surface area is 196 Å². The molecule has 0 atom stereocenters. The summed E-state index contributed by atoms with van der Waals surface area (Å²) in [5.74, 6) is -0.444. The summed E-state index contributed by atoms with van der Waals surface area (Å²) in [7, 11) is 0. The monoisotopic (exact) mass is 457 g/mol. The van der Waals surface area contributed by atoms with Crippen molar-refractivity contribution in [2.24, 2.45) is 0 Å². The highest BCUT2D eigenvalue weighted by Crippen LogP contribution is 2.20. The van der Waals surface area contributed by atoms with Crippen LogP contribution in [0.15, 0.2) is 77.9 Å². The number of halogens is 1. The first-order valence-corrected chi connectivity index (χ1v) is 11.2. The predicted molar refractivity (Wildman–Crippen MR) is 128 cm³/mol. The molecule has 0 N–H and O–H groups in total. The molecule has 1 aliphatic heterocycles. The molecule has 0 saturated carbocycles. The second kappa shape index (κ2) is 9.43. The van der Waals surface area contributed by atoms with Gasteiger partial charge in [-0.05, 0) is 29.8 Å². The molecule has 1 amide bonds. The van der Waals surface area contributed by atoms with Gasteiger partial charge in [-0.3, -0.25) is 14.6 Å². The molecular formula is C26H24FN5O2. The van der Waals surface area contributed by atoms with Crippen molar-refractivity contribution < 1.29 is 9.18 Å². The number of fused-ring (bicyclic) bond motifs is 1. The Hall–Kier alpha value is -4.07. The number of hydrogen-bond acceptors (Lipinski definition) is 5. The van der Waals surface area contributed by atoms with E-state index in [1.807, 2.05) is 35.2 Å². The van der Waals surface area contributed by atoms with Crippen LogP contribution >= 0.6 is 0 Å². The highest BCUT2D eigenvalue weighted by Gasteiger charge is 2.24. The minimum absolute atomic E-state index is 0.136. The van der Waals surface area contributed by atoms with Crippen LogP contribution in [0.3, 0.4) is 0 Å². The normalized spacial score (nSPS) is 13.9. The van der Waals surface area contributed by atoms with Gasteiger partial charge in [0.15, 0.2) is 0 Å². The highest BCUT2D eigenvalue weighted by molar-refractivity contribution is 5.84. The molecule has 0 bridgehead atoms. The van der Waals surface area contributed by atoms with Gasteiger partial charge < -0.3 is 9.80 Å². The molecule has 1 saturated heterocycles. The predicted octanol–water partition coefficient (Wildman–Crippen LogP) is 2.87. The Balaban J connectivity index is 1.35. The summed E-state index contributed by atoms with van der Waals surface area (Å²) in [6.45, 7) is 1.83. The standard InChI is InChI=1S/C26H24FN5O2/c27-22-9-3-4-10-24(22)30-12-14-31(15-13-30)25(33)18-32-26(34)21-8-2-1-7-20(21)23(29-32)16-19-6-5-11-28-17-19/h1-11,17H,12-16,18H2. The van der Waals surface area contributed by atoms with Crippen LogP contribution in [0.4, 0.5) is 10.1 Å². The van der Waals surface area contributed by atoms with Crippen LogP contribution in [-0.2, 0) is 17.8 Å². The van der Waals surface area contributed by atoms with Crippen molar-refractivity contribution in [1.82, 2.24) is 19.7 Å². The lowest BCUT2D eigenvalue weighted by atomic mass is 10.1. The van der Waals surface area contributed by atoms with Crippen LogP contribution in [-0.4, -0.2) is 51.8 Å². The minimum atomic E-state index is -0.288. The van der Waals surface area contributed by atoms with E-state index in [2.05, 4.69) is 10.1 Å². The van der Waals surface area contributed by atoms with E-state index in [0.29, 0.717) is 43.7 Å². The number of rotatable bonds is 5. The largest absolute Gasteiger partial charge is 0.366 e. The molecule has 0 radical (unpaired) electrons. The van der Waals surface area contributed by atoms with Crippen molar-refractivity contribution in [3.8, 4) is 0 Å². The zero-order valence-electron chi connectivity index (χ0n) is 18.6. The molecule has 1 fully saturated rings. The number of piperazine rings is 1. The summed E-state index contributed by atoms with van der Waals surface area (Å²) in [4.78, 5) is 34.0. The van der Waals surface area contributed by atoms with Crippen molar-refractivity contribution in [2.75, 3.05) is 31.1 Å². The Morgan fingerprint density at radius 3 is 2.38 bits per heavy atom. The lowest BCUT2D eigenvalue weighted by Gasteiger charge is -2.36. The average molecular weight is 458 g/mol. The van der Waals surface area contributed by atoms with Crippen LogP contribution in [0.1, 0.15) is 11.3 Å². The maximum atomic E-state index is 14.1. The van der Waals surface area contributed by atoms with Gasteiger partial charge in [-0.15, -0.1) is 0 Å². The second-order valence-electron chi connectivity index (χ2n) is 8.31. The molecule has 4 aromatic rings. The van der Waals surface area contributed by atoms with E-state index in [9.17, 15) is 14.0 Å². The van der Waals surface area contributed by atoms with E-state index in [1.54, 1.807) is 41.6 Å². The second-order valence-corrected chi connectivity index (χ2v) is 8.31. The van der Waals surface area contributed by atoms with Gasteiger partial charge >= 0.3 is 0 Å². The zero-order chi connectivity index (χ0) is 23.5. The summed E-state index contributed by atoms with van der Waals surface area (Å²) < 4.78 is 15.4. The van der Waals surface area contributed by atoms with Gasteiger partial charge in [0.25, 0.3) is 5.56 Å². The van der Waals surface area contributed by atoms with Crippen molar-refractivity contribution in [2.45, 2.75) is 13.0 Å². The van der Waals surface area contributed by atoms with Gasteiger partial charge in [-0.25, -0.2) is 9.07 Å².